The summed E-state index contributed by atoms with van der Waals surface area (Å²) in [7, 11) is 0. The summed E-state index contributed by atoms with van der Waals surface area (Å²) in [6, 6.07) is 0. The van der Waals surface area contributed by atoms with Crippen molar-refractivity contribution >= 4 is 16.3 Å². The molecule has 1 aromatic heterocycles. The van der Waals surface area contributed by atoms with Crippen LogP contribution in [0.5, 0.6) is 0 Å². The SMILES string of the molecule is Nc1scnc1CC1CCCCCC1. The second-order valence-corrected chi connectivity index (χ2v) is 5.11. The Balaban J connectivity index is 1.92. The van der Waals surface area contributed by atoms with Gasteiger partial charge in [0.05, 0.1) is 11.2 Å². The first kappa shape index (κ1) is 9.97. The smallest absolute Gasteiger partial charge is 0.109 e. The fourth-order valence-electron chi connectivity index (χ4n) is 2.27. The number of thiazole rings is 1. The molecule has 1 heterocycles. The lowest BCUT2D eigenvalue weighted by molar-refractivity contribution is 0.455. The summed E-state index contributed by atoms with van der Waals surface area (Å²) >= 11 is 1.56. The van der Waals surface area contributed by atoms with Gasteiger partial charge in [-0.1, -0.05) is 38.5 Å². The normalized spacial score (nSPS) is 19.4. The molecule has 0 unspecified atom stereocenters. The fourth-order valence-corrected chi connectivity index (χ4v) is 2.84. The molecule has 0 spiro atoms. The maximum atomic E-state index is 5.85. The summed E-state index contributed by atoms with van der Waals surface area (Å²) in [6.07, 6.45) is 9.48. The zero-order chi connectivity index (χ0) is 9.80. The maximum Gasteiger partial charge on any atom is 0.109 e. The Kier molecular flexibility index (Phi) is 3.40. The number of rotatable bonds is 2. The van der Waals surface area contributed by atoms with Gasteiger partial charge in [-0.2, -0.15) is 0 Å². The van der Waals surface area contributed by atoms with Crippen molar-refractivity contribution in [1.82, 2.24) is 4.98 Å². The van der Waals surface area contributed by atoms with Crippen LogP contribution in [0.15, 0.2) is 5.51 Å². The zero-order valence-corrected chi connectivity index (χ0v) is 9.35. The predicted octanol–water partition coefficient (Wildman–Crippen LogP) is 3.24. The van der Waals surface area contributed by atoms with E-state index in [-0.39, 0.29) is 0 Å². The van der Waals surface area contributed by atoms with E-state index in [1.54, 1.807) is 11.3 Å². The van der Waals surface area contributed by atoms with Crippen LogP contribution in [0.3, 0.4) is 0 Å². The van der Waals surface area contributed by atoms with E-state index in [0.29, 0.717) is 0 Å². The van der Waals surface area contributed by atoms with Crippen LogP contribution in [0.1, 0.15) is 44.2 Å². The molecular formula is C11H18N2S. The summed E-state index contributed by atoms with van der Waals surface area (Å²) in [6.45, 7) is 0. The Bertz CT molecular complexity index is 275. The standard InChI is InChI=1S/C11H18N2S/c12-11-10(13-8-14-11)7-9-5-3-1-2-4-6-9/h8-9H,1-7,12H2. The van der Waals surface area contributed by atoms with Crippen molar-refractivity contribution in [3.8, 4) is 0 Å². The molecule has 1 aliphatic rings. The average molecular weight is 210 g/mol. The molecule has 0 aromatic carbocycles. The molecule has 14 heavy (non-hydrogen) atoms. The van der Waals surface area contributed by atoms with Gasteiger partial charge in [0, 0.05) is 0 Å². The lowest BCUT2D eigenvalue weighted by atomic mass is 9.95. The maximum absolute atomic E-state index is 5.85. The van der Waals surface area contributed by atoms with E-state index < -0.39 is 0 Å². The Morgan fingerprint density at radius 2 is 2.00 bits per heavy atom. The van der Waals surface area contributed by atoms with E-state index in [1.807, 2.05) is 5.51 Å². The van der Waals surface area contributed by atoms with Crippen molar-refractivity contribution in [2.24, 2.45) is 5.92 Å². The molecule has 2 N–H and O–H groups in total. The summed E-state index contributed by atoms with van der Waals surface area (Å²) in [5.74, 6) is 0.835. The van der Waals surface area contributed by atoms with Crippen LogP contribution in [0.2, 0.25) is 0 Å². The van der Waals surface area contributed by atoms with E-state index in [0.717, 1.165) is 23.0 Å². The van der Waals surface area contributed by atoms with E-state index in [2.05, 4.69) is 4.98 Å². The van der Waals surface area contributed by atoms with E-state index in [1.165, 1.54) is 38.5 Å². The Morgan fingerprint density at radius 1 is 1.29 bits per heavy atom. The highest BCUT2D eigenvalue weighted by Crippen LogP contribution is 2.28. The van der Waals surface area contributed by atoms with Gasteiger partial charge in [0.2, 0.25) is 0 Å². The summed E-state index contributed by atoms with van der Waals surface area (Å²) in [4.78, 5) is 4.33. The Hall–Kier alpha value is -0.570. The lowest BCUT2D eigenvalue weighted by Gasteiger charge is -2.12. The minimum atomic E-state index is 0.835. The number of nitrogens with zero attached hydrogens (tertiary/aromatic N) is 1. The first-order chi connectivity index (χ1) is 6.86. The van der Waals surface area contributed by atoms with Crippen LogP contribution >= 0.6 is 11.3 Å². The number of aromatic nitrogens is 1. The van der Waals surface area contributed by atoms with E-state index in [9.17, 15) is 0 Å². The third kappa shape index (κ3) is 2.47. The number of hydrogen-bond donors (Lipinski definition) is 1. The number of anilines is 1. The minimum absolute atomic E-state index is 0.835. The van der Waals surface area contributed by atoms with Crippen LogP contribution in [0.4, 0.5) is 5.00 Å². The molecule has 78 valence electrons. The molecule has 0 bridgehead atoms. The Morgan fingerprint density at radius 3 is 2.57 bits per heavy atom. The summed E-state index contributed by atoms with van der Waals surface area (Å²) < 4.78 is 0. The van der Waals surface area contributed by atoms with Gasteiger partial charge >= 0.3 is 0 Å². The van der Waals surface area contributed by atoms with Gasteiger partial charge in [0.15, 0.2) is 0 Å². The van der Waals surface area contributed by atoms with Crippen LogP contribution < -0.4 is 5.73 Å². The minimum Gasteiger partial charge on any atom is -0.389 e. The molecular weight excluding hydrogens is 192 g/mol. The summed E-state index contributed by atoms with van der Waals surface area (Å²) in [5.41, 5.74) is 8.86. The third-order valence-electron chi connectivity index (χ3n) is 3.13. The molecule has 0 amide bonds. The topological polar surface area (TPSA) is 38.9 Å². The van der Waals surface area contributed by atoms with Gasteiger partial charge in [0.25, 0.3) is 0 Å². The molecule has 1 aromatic rings. The van der Waals surface area contributed by atoms with Crippen LogP contribution in [0.25, 0.3) is 0 Å². The highest BCUT2D eigenvalue weighted by atomic mass is 32.1. The van der Waals surface area contributed by atoms with Gasteiger partial charge in [-0.05, 0) is 12.3 Å². The number of nitrogen functional groups attached to an aromatic ring is 1. The van der Waals surface area contributed by atoms with Crippen molar-refractivity contribution in [2.45, 2.75) is 44.9 Å². The Labute approximate surface area is 89.5 Å². The van der Waals surface area contributed by atoms with Gasteiger partial charge < -0.3 is 5.73 Å². The van der Waals surface area contributed by atoms with Gasteiger partial charge in [0.1, 0.15) is 5.00 Å². The molecule has 0 aliphatic heterocycles. The highest BCUT2D eigenvalue weighted by Gasteiger charge is 2.15. The molecule has 1 aliphatic carbocycles. The van der Waals surface area contributed by atoms with Crippen molar-refractivity contribution in [3.63, 3.8) is 0 Å². The predicted molar refractivity (Wildman–Crippen MR) is 61.4 cm³/mol. The van der Waals surface area contributed by atoms with E-state index in [4.69, 9.17) is 5.73 Å². The largest absolute Gasteiger partial charge is 0.389 e. The molecule has 0 radical (unpaired) electrons. The van der Waals surface area contributed by atoms with Crippen molar-refractivity contribution < 1.29 is 0 Å². The molecule has 3 heteroatoms. The molecule has 0 atom stereocenters. The quantitative estimate of drug-likeness (QED) is 0.761. The number of nitrogens with two attached hydrogens (primary N) is 1. The second kappa shape index (κ2) is 4.78. The molecule has 2 nitrogen and oxygen atoms in total. The monoisotopic (exact) mass is 210 g/mol. The lowest BCUT2D eigenvalue weighted by Crippen LogP contribution is -2.05. The zero-order valence-electron chi connectivity index (χ0n) is 8.54. The van der Waals surface area contributed by atoms with Gasteiger partial charge in [-0.3, -0.25) is 0 Å². The highest BCUT2D eigenvalue weighted by molar-refractivity contribution is 7.13. The van der Waals surface area contributed by atoms with Crippen LogP contribution in [0, 0.1) is 5.92 Å². The van der Waals surface area contributed by atoms with Crippen molar-refractivity contribution in [3.05, 3.63) is 11.2 Å². The number of hydrogen-bond acceptors (Lipinski definition) is 3. The van der Waals surface area contributed by atoms with Crippen molar-refractivity contribution in [1.29, 1.82) is 0 Å². The van der Waals surface area contributed by atoms with Crippen molar-refractivity contribution in [2.75, 3.05) is 5.73 Å². The fraction of sp³-hybridized carbons (Fsp3) is 0.727. The van der Waals surface area contributed by atoms with Gasteiger partial charge in [-0.15, -0.1) is 11.3 Å². The van der Waals surface area contributed by atoms with Crippen LogP contribution in [-0.2, 0) is 6.42 Å². The van der Waals surface area contributed by atoms with Gasteiger partial charge in [-0.25, -0.2) is 4.98 Å². The first-order valence-electron chi connectivity index (χ1n) is 5.54. The third-order valence-corrected chi connectivity index (χ3v) is 3.83. The first-order valence-corrected chi connectivity index (χ1v) is 6.42. The molecule has 0 saturated heterocycles. The summed E-state index contributed by atoms with van der Waals surface area (Å²) in [5, 5.41) is 0.925. The average Bonchev–Trinajstić information content (AvgIpc) is 2.44. The molecule has 1 saturated carbocycles. The van der Waals surface area contributed by atoms with Crippen LogP contribution in [-0.4, -0.2) is 4.98 Å². The molecule has 2 rings (SSSR count). The second-order valence-electron chi connectivity index (χ2n) is 4.23. The molecule has 1 fully saturated rings. The van der Waals surface area contributed by atoms with E-state index >= 15 is 0 Å².